The van der Waals surface area contributed by atoms with Gasteiger partial charge < -0.3 is 4.90 Å². The molecule has 0 saturated heterocycles. The van der Waals surface area contributed by atoms with Gasteiger partial charge >= 0.3 is 18.0 Å². The molecule has 0 spiro atoms. The highest BCUT2D eigenvalue weighted by Crippen LogP contribution is 2.38. The number of carbonyl (C=O) groups is 1. The number of alkyl halides is 5. The zero-order valence-electron chi connectivity index (χ0n) is 7.94. The number of carbonyl (C=O) groups excluding carboxylic acids is 1. The van der Waals surface area contributed by atoms with Crippen molar-refractivity contribution in [2.24, 2.45) is 0 Å². The van der Waals surface area contributed by atoms with Gasteiger partial charge in [-0.15, -0.1) is 0 Å². The number of hydrogen-bond acceptors (Lipinski definition) is 1. The minimum atomic E-state index is -5.82. The lowest BCUT2D eigenvalue weighted by atomic mass is 9.91. The number of hydrogen-bond donors (Lipinski definition) is 0. The summed E-state index contributed by atoms with van der Waals surface area (Å²) >= 11 is 0. The summed E-state index contributed by atoms with van der Waals surface area (Å²) in [5.74, 6) is -7.45. The summed E-state index contributed by atoms with van der Waals surface area (Å²) in [4.78, 5) is 11.4. The Kier molecular flexibility index (Phi) is 2.93. The second-order valence-electron chi connectivity index (χ2n) is 3.57. The third-order valence-corrected chi connectivity index (χ3v) is 2.57. The Hall–Kier alpha value is -0.880. The topological polar surface area (TPSA) is 20.3 Å². The van der Waals surface area contributed by atoms with Crippen molar-refractivity contribution in [2.75, 3.05) is 7.05 Å². The van der Waals surface area contributed by atoms with Crippen LogP contribution in [0.1, 0.15) is 19.3 Å². The molecule has 0 radical (unpaired) electrons. The molecular weight excluding hydrogens is 221 g/mol. The highest BCUT2D eigenvalue weighted by Gasteiger charge is 2.64. The highest BCUT2D eigenvalue weighted by atomic mass is 19.4. The van der Waals surface area contributed by atoms with Gasteiger partial charge in [0.2, 0.25) is 0 Å². The van der Waals surface area contributed by atoms with Crippen LogP contribution in [0.2, 0.25) is 0 Å². The predicted molar refractivity (Wildman–Crippen MR) is 41.4 cm³/mol. The Bertz CT molecular complexity index is 258. The molecular formula is C8H10F5NO. The summed E-state index contributed by atoms with van der Waals surface area (Å²) in [6.45, 7) is 0. The van der Waals surface area contributed by atoms with E-state index < -0.39 is 24.0 Å². The molecule has 0 atom stereocenters. The molecule has 1 rings (SSSR count). The molecule has 0 unspecified atom stereocenters. The molecule has 1 aliphatic carbocycles. The van der Waals surface area contributed by atoms with Crippen LogP contribution in [-0.2, 0) is 4.79 Å². The standard InChI is InChI=1S/C8H10F5NO/c1-14(5-3-2-4-5)6(15)7(9,10)8(11,12)13/h5H,2-4H2,1H3. The second kappa shape index (κ2) is 3.61. The Morgan fingerprint density at radius 1 is 1.20 bits per heavy atom. The van der Waals surface area contributed by atoms with E-state index in [1.807, 2.05) is 0 Å². The molecule has 0 aromatic heterocycles. The van der Waals surface area contributed by atoms with Crippen LogP contribution in [-0.4, -0.2) is 36.0 Å². The molecule has 0 aromatic rings. The van der Waals surface area contributed by atoms with Gasteiger partial charge in [0, 0.05) is 13.1 Å². The summed E-state index contributed by atoms with van der Waals surface area (Å²) in [5.41, 5.74) is 0. The SMILES string of the molecule is CN(C(=O)C(F)(F)C(F)(F)F)C1CCC1. The second-order valence-corrected chi connectivity index (χ2v) is 3.57. The molecule has 15 heavy (non-hydrogen) atoms. The molecule has 1 saturated carbocycles. The number of nitrogens with zero attached hydrogens (tertiary/aromatic N) is 1. The summed E-state index contributed by atoms with van der Waals surface area (Å²) in [6.07, 6.45) is -4.10. The van der Waals surface area contributed by atoms with Crippen LogP contribution in [0, 0.1) is 0 Å². The minimum absolute atomic E-state index is 0.481. The molecule has 1 amide bonds. The zero-order valence-corrected chi connectivity index (χ0v) is 7.94. The van der Waals surface area contributed by atoms with Gasteiger partial charge in [-0.1, -0.05) is 0 Å². The van der Waals surface area contributed by atoms with E-state index in [1.165, 1.54) is 0 Å². The summed E-state index contributed by atoms with van der Waals surface area (Å²) < 4.78 is 60.7. The van der Waals surface area contributed by atoms with Crippen molar-refractivity contribution < 1.29 is 26.7 Å². The molecule has 0 heterocycles. The van der Waals surface area contributed by atoms with Crippen LogP contribution in [0.4, 0.5) is 22.0 Å². The number of rotatable bonds is 2. The van der Waals surface area contributed by atoms with Crippen LogP contribution in [0.3, 0.4) is 0 Å². The largest absolute Gasteiger partial charge is 0.463 e. The van der Waals surface area contributed by atoms with Crippen LogP contribution < -0.4 is 0 Å². The lowest BCUT2D eigenvalue weighted by Gasteiger charge is -2.36. The number of amides is 1. The summed E-state index contributed by atoms with van der Waals surface area (Å²) in [7, 11) is 0.978. The van der Waals surface area contributed by atoms with Gasteiger partial charge in [0.25, 0.3) is 0 Å². The maximum Gasteiger partial charge on any atom is 0.463 e. The van der Waals surface area contributed by atoms with E-state index in [4.69, 9.17) is 0 Å². The maximum absolute atomic E-state index is 12.6. The van der Waals surface area contributed by atoms with Gasteiger partial charge in [0.1, 0.15) is 0 Å². The van der Waals surface area contributed by atoms with Gasteiger partial charge in [-0.25, -0.2) is 0 Å². The first-order valence-corrected chi connectivity index (χ1v) is 4.39. The van der Waals surface area contributed by atoms with Gasteiger partial charge in [-0.3, -0.25) is 4.79 Å². The van der Waals surface area contributed by atoms with E-state index in [9.17, 15) is 26.7 Å². The normalized spacial score (nSPS) is 18.5. The molecule has 2 nitrogen and oxygen atoms in total. The van der Waals surface area contributed by atoms with Crippen molar-refractivity contribution in [2.45, 2.75) is 37.4 Å². The van der Waals surface area contributed by atoms with Gasteiger partial charge in [0.15, 0.2) is 0 Å². The third-order valence-electron chi connectivity index (χ3n) is 2.57. The first-order chi connectivity index (χ1) is 6.68. The van der Waals surface area contributed by atoms with Crippen LogP contribution >= 0.6 is 0 Å². The van der Waals surface area contributed by atoms with E-state index in [2.05, 4.69) is 0 Å². The van der Waals surface area contributed by atoms with Crippen molar-refractivity contribution in [1.29, 1.82) is 0 Å². The average molecular weight is 231 g/mol. The van der Waals surface area contributed by atoms with Crippen molar-refractivity contribution >= 4 is 5.91 Å². The highest BCUT2D eigenvalue weighted by molar-refractivity contribution is 5.84. The lowest BCUT2D eigenvalue weighted by Crippen LogP contribution is -2.54. The number of halogens is 5. The molecule has 0 aliphatic heterocycles. The summed E-state index contributed by atoms with van der Waals surface area (Å²) in [5, 5.41) is 0. The van der Waals surface area contributed by atoms with Crippen molar-refractivity contribution in [1.82, 2.24) is 4.90 Å². The Morgan fingerprint density at radius 2 is 1.67 bits per heavy atom. The monoisotopic (exact) mass is 231 g/mol. The predicted octanol–water partition coefficient (Wildman–Crippen LogP) is 2.19. The molecule has 0 N–H and O–H groups in total. The van der Waals surface area contributed by atoms with Crippen molar-refractivity contribution in [3.8, 4) is 0 Å². The molecule has 0 bridgehead atoms. The van der Waals surface area contributed by atoms with E-state index >= 15 is 0 Å². The Balaban J connectivity index is 2.74. The van der Waals surface area contributed by atoms with Crippen LogP contribution in [0.25, 0.3) is 0 Å². The van der Waals surface area contributed by atoms with Gasteiger partial charge in [-0.2, -0.15) is 22.0 Å². The smallest absolute Gasteiger partial charge is 0.337 e. The van der Waals surface area contributed by atoms with E-state index in [-0.39, 0.29) is 0 Å². The Morgan fingerprint density at radius 3 is 1.93 bits per heavy atom. The molecule has 0 aromatic carbocycles. The van der Waals surface area contributed by atoms with Crippen molar-refractivity contribution in [3.05, 3.63) is 0 Å². The first-order valence-electron chi connectivity index (χ1n) is 4.39. The van der Waals surface area contributed by atoms with Crippen LogP contribution in [0.15, 0.2) is 0 Å². The zero-order chi connectivity index (χ0) is 11.9. The fourth-order valence-electron chi connectivity index (χ4n) is 1.28. The van der Waals surface area contributed by atoms with E-state index in [1.54, 1.807) is 0 Å². The third kappa shape index (κ3) is 2.05. The summed E-state index contributed by atoms with van der Waals surface area (Å²) in [6, 6.07) is -0.481. The molecule has 1 fully saturated rings. The minimum Gasteiger partial charge on any atom is -0.337 e. The molecule has 1 aliphatic rings. The maximum atomic E-state index is 12.6. The van der Waals surface area contributed by atoms with Gasteiger partial charge in [-0.05, 0) is 19.3 Å². The lowest BCUT2D eigenvalue weighted by molar-refractivity contribution is -0.275. The average Bonchev–Trinajstić information content (AvgIpc) is 1.97. The quantitative estimate of drug-likeness (QED) is 0.667. The first kappa shape index (κ1) is 12.2. The fourth-order valence-corrected chi connectivity index (χ4v) is 1.28. The fraction of sp³-hybridized carbons (Fsp3) is 0.875. The van der Waals surface area contributed by atoms with Crippen molar-refractivity contribution in [3.63, 3.8) is 0 Å². The van der Waals surface area contributed by atoms with Crippen LogP contribution in [0.5, 0.6) is 0 Å². The Labute approximate surface area is 83.0 Å². The van der Waals surface area contributed by atoms with E-state index in [0.29, 0.717) is 17.7 Å². The van der Waals surface area contributed by atoms with Gasteiger partial charge in [0.05, 0.1) is 0 Å². The van der Waals surface area contributed by atoms with E-state index in [0.717, 1.165) is 13.5 Å². The molecule has 88 valence electrons. The molecule has 7 heteroatoms.